The number of aryl methyl sites for hydroxylation is 1. The van der Waals surface area contributed by atoms with Crippen LogP contribution in [0, 0.1) is 12.8 Å². The summed E-state index contributed by atoms with van der Waals surface area (Å²) < 4.78 is 25.4. The van der Waals surface area contributed by atoms with Gasteiger partial charge in [0.1, 0.15) is 23.6 Å². The SMILES string of the molecule is Cc1onc(O[C@@H]2CN(C(=O)OC(C)(C)C)[C@@H]3CCCO[C@@H]32)c1-c1ccn2nc(NC(=O)C3CC3)cc2c1. The summed E-state index contributed by atoms with van der Waals surface area (Å²) in [6.07, 6.45) is 4.33. The lowest BCUT2D eigenvalue weighted by Crippen LogP contribution is -2.45. The number of hydrogen-bond donors (Lipinski definition) is 1. The number of amides is 2. The molecule has 2 aliphatic heterocycles. The Bertz CT molecular complexity index is 1370. The van der Waals surface area contributed by atoms with Crippen molar-refractivity contribution in [1.82, 2.24) is 19.7 Å². The number of rotatable bonds is 5. The zero-order valence-corrected chi connectivity index (χ0v) is 22.1. The van der Waals surface area contributed by atoms with Crippen LogP contribution in [0.1, 0.15) is 52.2 Å². The summed E-state index contributed by atoms with van der Waals surface area (Å²) in [5.41, 5.74) is 1.78. The fourth-order valence-corrected chi connectivity index (χ4v) is 5.23. The molecule has 11 heteroatoms. The van der Waals surface area contributed by atoms with Gasteiger partial charge >= 0.3 is 6.09 Å². The Morgan fingerprint density at radius 2 is 2.00 bits per heavy atom. The van der Waals surface area contributed by atoms with Gasteiger partial charge in [-0.15, -0.1) is 0 Å². The van der Waals surface area contributed by atoms with E-state index in [-0.39, 0.29) is 30.1 Å². The maximum absolute atomic E-state index is 13.0. The highest BCUT2D eigenvalue weighted by Gasteiger charge is 2.49. The molecule has 38 heavy (non-hydrogen) atoms. The second kappa shape index (κ2) is 9.30. The third-order valence-corrected chi connectivity index (χ3v) is 7.15. The monoisotopic (exact) mass is 523 g/mol. The average Bonchev–Trinajstić information content (AvgIpc) is 3.41. The Morgan fingerprint density at radius 3 is 2.76 bits per heavy atom. The van der Waals surface area contributed by atoms with E-state index in [0.717, 1.165) is 42.3 Å². The van der Waals surface area contributed by atoms with E-state index in [2.05, 4.69) is 15.6 Å². The van der Waals surface area contributed by atoms with Crippen LogP contribution in [0.25, 0.3) is 16.6 Å². The molecule has 0 unspecified atom stereocenters. The van der Waals surface area contributed by atoms with E-state index in [9.17, 15) is 9.59 Å². The highest BCUT2D eigenvalue weighted by atomic mass is 16.6. The van der Waals surface area contributed by atoms with E-state index in [0.29, 0.717) is 30.6 Å². The van der Waals surface area contributed by atoms with Gasteiger partial charge in [-0.2, -0.15) is 5.10 Å². The summed E-state index contributed by atoms with van der Waals surface area (Å²) in [5, 5.41) is 11.6. The number of fused-ring (bicyclic) bond motifs is 2. The molecule has 1 N–H and O–H groups in total. The topological polar surface area (TPSA) is 120 Å². The van der Waals surface area contributed by atoms with Crippen LogP contribution in [0.3, 0.4) is 0 Å². The van der Waals surface area contributed by atoms with Gasteiger partial charge in [0, 0.05) is 24.8 Å². The predicted octanol–water partition coefficient (Wildman–Crippen LogP) is 4.19. The molecule has 0 bridgehead atoms. The first kappa shape index (κ1) is 24.7. The Morgan fingerprint density at radius 1 is 1.18 bits per heavy atom. The minimum absolute atomic E-state index is 0.0134. The lowest BCUT2D eigenvalue weighted by atomic mass is 10.0. The molecule has 0 spiro atoms. The summed E-state index contributed by atoms with van der Waals surface area (Å²) in [4.78, 5) is 26.8. The van der Waals surface area contributed by atoms with Crippen molar-refractivity contribution in [3.63, 3.8) is 0 Å². The van der Waals surface area contributed by atoms with Crippen molar-refractivity contribution in [1.29, 1.82) is 0 Å². The van der Waals surface area contributed by atoms with Crippen LogP contribution in [-0.2, 0) is 14.3 Å². The molecule has 11 nitrogen and oxygen atoms in total. The molecule has 3 atom stereocenters. The third-order valence-electron chi connectivity index (χ3n) is 7.15. The molecule has 3 aromatic rings. The smallest absolute Gasteiger partial charge is 0.410 e. The van der Waals surface area contributed by atoms with Crippen LogP contribution >= 0.6 is 0 Å². The molecule has 0 radical (unpaired) electrons. The summed E-state index contributed by atoms with van der Waals surface area (Å²) in [5.74, 6) is 1.58. The fourth-order valence-electron chi connectivity index (χ4n) is 5.23. The molecular formula is C27H33N5O6. The number of likely N-dealkylation sites (tertiary alicyclic amines) is 1. The van der Waals surface area contributed by atoms with Gasteiger partial charge in [-0.1, -0.05) is 0 Å². The standard InChI is InChI=1S/C27H33N5O6/c1-15-22(17-9-10-32-18(12-17)13-21(29-32)28-24(33)16-7-8-16)25(30-38-15)36-20-14-31(26(34)37-27(2,3)4)19-6-5-11-35-23(19)20/h9-10,12-13,16,19-20,23H,5-8,11,14H2,1-4H3,(H,28,29,33)/t19-,20-,23+/m1/s1. The number of carbonyl (C=O) groups is 2. The normalized spacial score (nSPS) is 23.4. The molecule has 202 valence electrons. The number of carbonyl (C=O) groups excluding carboxylic acids is 2. The van der Waals surface area contributed by atoms with Crippen molar-refractivity contribution in [2.24, 2.45) is 5.92 Å². The molecule has 0 aromatic carbocycles. The number of ether oxygens (including phenoxy) is 3. The van der Waals surface area contributed by atoms with Crippen molar-refractivity contribution in [3.05, 3.63) is 30.2 Å². The molecule has 5 heterocycles. The van der Waals surface area contributed by atoms with Crippen LogP contribution in [0.5, 0.6) is 5.88 Å². The molecule has 3 fully saturated rings. The number of pyridine rings is 1. The van der Waals surface area contributed by atoms with Crippen LogP contribution in [0.4, 0.5) is 10.6 Å². The minimum atomic E-state index is -0.593. The highest BCUT2D eigenvalue weighted by molar-refractivity contribution is 5.93. The molecular weight excluding hydrogens is 490 g/mol. The molecule has 1 saturated carbocycles. The average molecular weight is 524 g/mol. The van der Waals surface area contributed by atoms with Gasteiger partial charge in [-0.25, -0.2) is 9.31 Å². The quantitative estimate of drug-likeness (QED) is 0.529. The van der Waals surface area contributed by atoms with Crippen molar-refractivity contribution in [2.75, 3.05) is 18.5 Å². The minimum Gasteiger partial charge on any atom is -0.467 e. The highest BCUT2D eigenvalue weighted by Crippen LogP contribution is 2.38. The van der Waals surface area contributed by atoms with E-state index in [1.54, 1.807) is 9.42 Å². The molecule has 2 amide bonds. The molecule has 1 aliphatic carbocycles. The Kier molecular flexibility index (Phi) is 6.05. The van der Waals surface area contributed by atoms with Gasteiger partial charge in [0.25, 0.3) is 5.88 Å². The molecule has 3 aromatic heterocycles. The zero-order chi connectivity index (χ0) is 26.6. The van der Waals surface area contributed by atoms with Crippen molar-refractivity contribution in [3.8, 4) is 17.0 Å². The van der Waals surface area contributed by atoms with Crippen LogP contribution in [-0.4, -0.2) is 68.7 Å². The van der Waals surface area contributed by atoms with Gasteiger partial charge in [-0.05, 0) is 76.2 Å². The number of nitrogens with one attached hydrogen (secondary N) is 1. The van der Waals surface area contributed by atoms with Crippen LogP contribution < -0.4 is 10.1 Å². The second-order valence-electron chi connectivity index (χ2n) is 11.3. The Labute approximate surface area is 220 Å². The van der Waals surface area contributed by atoms with E-state index in [4.69, 9.17) is 18.7 Å². The van der Waals surface area contributed by atoms with E-state index in [1.807, 2.05) is 52.1 Å². The van der Waals surface area contributed by atoms with Crippen LogP contribution in [0.2, 0.25) is 0 Å². The first-order chi connectivity index (χ1) is 18.2. The van der Waals surface area contributed by atoms with Gasteiger partial charge in [0.2, 0.25) is 5.91 Å². The Hall–Kier alpha value is -3.60. The third kappa shape index (κ3) is 4.82. The van der Waals surface area contributed by atoms with E-state index in [1.165, 1.54) is 0 Å². The number of nitrogens with zero attached hydrogens (tertiary/aromatic N) is 4. The largest absolute Gasteiger partial charge is 0.467 e. The summed E-state index contributed by atoms with van der Waals surface area (Å²) in [6.45, 7) is 8.35. The second-order valence-corrected chi connectivity index (χ2v) is 11.3. The summed E-state index contributed by atoms with van der Waals surface area (Å²) in [6, 6.07) is 5.57. The van der Waals surface area contributed by atoms with Crippen LogP contribution in [0.15, 0.2) is 28.9 Å². The van der Waals surface area contributed by atoms with Crippen molar-refractivity contribution >= 4 is 23.3 Å². The molecule has 2 saturated heterocycles. The first-order valence-corrected chi connectivity index (χ1v) is 13.2. The molecule has 6 rings (SSSR count). The van der Waals surface area contributed by atoms with Gasteiger partial charge in [0.05, 0.1) is 23.7 Å². The van der Waals surface area contributed by atoms with E-state index >= 15 is 0 Å². The summed E-state index contributed by atoms with van der Waals surface area (Å²) >= 11 is 0. The molecule has 3 aliphatic rings. The number of anilines is 1. The van der Waals surface area contributed by atoms with Gasteiger partial charge in [0.15, 0.2) is 5.82 Å². The fraction of sp³-hybridized carbons (Fsp3) is 0.556. The maximum atomic E-state index is 13.0. The lowest BCUT2D eigenvalue weighted by molar-refractivity contribution is -0.117. The number of aromatic nitrogens is 3. The lowest BCUT2D eigenvalue weighted by Gasteiger charge is -2.32. The first-order valence-electron chi connectivity index (χ1n) is 13.2. The predicted molar refractivity (Wildman–Crippen MR) is 137 cm³/mol. The van der Waals surface area contributed by atoms with Crippen molar-refractivity contribution < 1.29 is 28.3 Å². The van der Waals surface area contributed by atoms with Gasteiger partial charge in [-0.3, -0.25) is 9.69 Å². The van der Waals surface area contributed by atoms with Gasteiger partial charge < -0.3 is 24.1 Å². The number of hydrogen-bond acceptors (Lipinski definition) is 8. The Balaban J connectivity index is 1.24. The summed E-state index contributed by atoms with van der Waals surface area (Å²) in [7, 11) is 0. The van der Waals surface area contributed by atoms with E-state index < -0.39 is 11.7 Å². The van der Waals surface area contributed by atoms with Crippen molar-refractivity contribution in [2.45, 2.75) is 77.2 Å². The maximum Gasteiger partial charge on any atom is 0.410 e. The zero-order valence-electron chi connectivity index (χ0n) is 22.1.